The highest BCUT2D eigenvalue weighted by atomic mass is 79.9. The van der Waals surface area contributed by atoms with E-state index in [4.69, 9.17) is 28.8 Å². The summed E-state index contributed by atoms with van der Waals surface area (Å²) < 4.78 is 30.5. The first-order valence-electron chi connectivity index (χ1n) is 9.23. The Balaban J connectivity index is 2.58. The van der Waals surface area contributed by atoms with E-state index in [0.29, 0.717) is 42.8 Å². The lowest BCUT2D eigenvalue weighted by molar-refractivity contribution is -0.183. The maximum atomic E-state index is 12.7. The molecule has 1 aromatic heterocycles. The third-order valence-corrected chi connectivity index (χ3v) is 5.77. The molecular weight excluding hydrogens is 434 g/mol. The van der Waals surface area contributed by atoms with Crippen LogP contribution in [0.3, 0.4) is 0 Å². The molecule has 9 heteroatoms. The van der Waals surface area contributed by atoms with Crippen LogP contribution in [-0.2, 0) is 25.5 Å². The van der Waals surface area contributed by atoms with Crippen molar-refractivity contribution in [2.24, 2.45) is 5.41 Å². The summed E-state index contributed by atoms with van der Waals surface area (Å²) in [4.78, 5) is 12.7. The summed E-state index contributed by atoms with van der Waals surface area (Å²) in [5, 5.41) is 9.12. The van der Waals surface area contributed by atoms with E-state index in [1.54, 1.807) is 20.4 Å². The predicted molar refractivity (Wildman–Crippen MR) is 107 cm³/mol. The van der Waals surface area contributed by atoms with Crippen LogP contribution >= 0.6 is 15.9 Å². The number of rotatable bonds is 11. The van der Waals surface area contributed by atoms with Gasteiger partial charge in [0.2, 0.25) is 5.43 Å². The molecule has 0 amide bonds. The molecule has 0 saturated heterocycles. The second kappa shape index (κ2) is 10.7. The predicted octanol–water partition coefficient (Wildman–Crippen LogP) is 2.10. The van der Waals surface area contributed by atoms with E-state index in [1.165, 1.54) is 7.11 Å². The minimum Gasteiger partial charge on any atom is -0.491 e. The molecule has 8 nitrogen and oxygen atoms in total. The van der Waals surface area contributed by atoms with Gasteiger partial charge >= 0.3 is 0 Å². The lowest BCUT2D eigenvalue weighted by atomic mass is 9.72. The average molecular weight is 464 g/mol. The molecule has 0 fully saturated rings. The van der Waals surface area contributed by atoms with Gasteiger partial charge in [0.05, 0.1) is 23.4 Å². The summed E-state index contributed by atoms with van der Waals surface area (Å²) in [6.45, 7) is 3.63. The summed E-state index contributed by atoms with van der Waals surface area (Å²) in [5.74, 6) is 0.243. The average Bonchev–Trinajstić information content (AvgIpc) is 2.68. The molecule has 28 heavy (non-hydrogen) atoms. The van der Waals surface area contributed by atoms with Crippen molar-refractivity contribution in [2.45, 2.75) is 38.5 Å². The summed E-state index contributed by atoms with van der Waals surface area (Å²) in [7, 11) is 4.68. The molecule has 0 spiro atoms. The molecule has 0 bridgehead atoms. The highest BCUT2D eigenvalue weighted by molar-refractivity contribution is 9.10. The number of aliphatic hydroxyl groups excluding tert-OH is 1. The Morgan fingerprint density at radius 3 is 2.61 bits per heavy atom. The van der Waals surface area contributed by atoms with Crippen LogP contribution in [0.5, 0.6) is 5.75 Å². The van der Waals surface area contributed by atoms with E-state index in [2.05, 4.69) is 22.9 Å². The van der Waals surface area contributed by atoms with Gasteiger partial charge in [-0.05, 0) is 28.8 Å². The van der Waals surface area contributed by atoms with Crippen LogP contribution in [0.2, 0.25) is 0 Å². The van der Waals surface area contributed by atoms with Gasteiger partial charge in [0.15, 0.2) is 5.75 Å². The third-order valence-electron chi connectivity index (χ3n) is 5.20. The van der Waals surface area contributed by atoms with E-state index in [0.717, 1.165) is 0 Å². The Morgan fingerprint density at radius 1 is 1.25 bits per heavy atom. The van der Waals surface area contributed by atoms with Crippen molar-refractivity contribution < 1.29 is 28.8 Å². The first-order valence-corrected chi connectivity index (χ1v) is 10.0. The van der Waals surface area contributed by atoms with Crippen LogP contribution in [0.15, 0.2) is 15.5 Å². The largest absolute Gasteiger partial charge is 0.491 e. The Labute approximate surface area is 173 Å². The van der Waals surface area contributed by atoms with Gasteiger partial charge in [-0.1, -0.05) is 6.92 Å². The second-order valence-corrected chi connectivity index (χ2v) is 7.87. The monoisotopic (exact) mass is 463 g/mol. The first kappa shape index (κ1) is 23.3. The number of aromatic nitrogens is 1. The normalized spacial score (nSPS) is 24.2. The number of halogens is 1. The van der Waals surface area contributed by atoms with Crippen LogP contribution in [0.25, 0.3) is 0 Å². The lowest BCUT2D eigenvalue weighted by Crippen LogP contribution is -2.50. The molecule has 3 atom stereocenters. The van der Waals surface area contributed by atoms with E-state index in [9.17, 15) is 4.79 Å². The Hall–Kier alpha value is -0.970. The molecule has 0 saturated carbocycles. The van der Waals surface area contributed by atoms with Crippen molar-refractivity contribution in [1.29, 1.82) is 0 Å². The van der Waals surface area contributed by atoms with Gasteiger partial charge in [-0.15, -0.1) is 0 Å². The van der Waals surface area contributed by atoms with Crippen LogP contribution in [-0.4, -0.2) is 63.7 Å². The number of methoxy groups -OCH3 is 3. The number of nitrogens with zero attached hydrogens (tertiary/aromatic N) is 1. The molecule has 2 rings (SSSR count). The number of aliphatic hydroxyl groups is 1. The summed E-state index contributed by atoms with van der Waals surface area (Å²) in [6.07, 6.45) is 2.20. The molecular formula is C19H30BrNO7. The van der Waals surface area contributed by atoms with Gasteiger partial charge in [-0.2, -0.15) is 0 Å². The topological polar surface area (TPSA) is 88.4 Å². The first-order chi connectivity index (χ1) is 13.4. The van der Waals surface area contributed by atoms with E-state index >= 15 is 0 Å². The smallest absolute Gasteiger partial charge is 0.237 e. The maximum absolute atomic E-state index is 12.7. The molecule has 0 aromatic carbocycles. The van der Waals surface area contributed by atoms with Crippen molar-refractivity contribution in [2.75, 3.05) is 47.9 Å². The molecule has 2 heterocycles. The fourth-order valence-electron chi connectivity index (χ4n) is 3.66. The number of hydrogen-bond acceptors (Lipinski definition) is 7. The maximum Gasteiger partial charge on any atom is 0.237 e. The van der Waals surface area contributed by atoms with Crippen molar-refractivity contribution in [3.05, 3.63) is 26.6 Å². The van der Waals surface area contributed by atoms with Crippen LogP contribution in [0.4, 0.5) is 0 Å². The SMILES string of the molecule is COCCC1(C)C(OCCCO)Cn2cc(Br)c(=O)c(OC)c2C1OCOC. The Morgan fingerprint density at radius 2 is 2.00 bits per heavy atom. The van der Waals surface area contributed by atoms with Gasteiger partial charge in [0, 0.05) is 52.2 Å². The number of pyridine rings is 1. The summed E-state index contributed by atoms with van der Waals surface area (Å²) in [6, 6.07) is 0. The fraction of sp³-hybridized carbons (Fsp3) is 0.737. The van der Waals surface area contributed by atoms with Crippen molar-refractivity contribution in [3.63, 3.8) is 0 Å². The van der Waals surface area contributed by atoms with Gasteiger partial charge < -0.3 is 33.4 Å². The zero-order valence-electron chi connectivity index (χ0n) is 16.9. The Kier molecular flexibility index (Phi) is 8.91. The highest BCUT2D eigenvalue weighted by Gasteiger charge is 2.50. The molecule has 1 aliphatic heterocycles. The third kappa shape index (κ3) is 4.77. The molecule has 0 aliphatic carbocycles. The van der Waals surface area contributed by atoms with Gasteiger partial charge in [0.1, 0.15) is 12.9 Å². The zero-order valence-corrected chi connectivity index (χ0v) is 18.5. The molecule has 160 valence electrons. The number of ether oxygens (including phenoxy) is 5. The molecule has 1 aliphatic rings. The summed E-state index contributed by atoms with van der Waals surface area (Å²) >= 11 is 3.32. The lowest BCUT2D eigenvalue weighted by Gasteiger charge is -2.48. The van der Waals surface area contributed by atoms with Crippen molar-refractivity contribution in [1.82, 2.24) is 4.57 Å². The minimum absolute atomic E-state index is 0.0595. The summed E-state index contributed by atoms with van der Waals surface area (Å²) in [5.41, 5.74) is -0.0701. The number of fused-ring (bicyclic) bond motifs is 1. The minimum atomic E-state index is -0.508. The van der Waals surface area contributed by atoms with Gasteiger partial charge in [-0.25, -0.2) is 0 Å². The molecule has 3 unspecified atom stereocenters. The zero-order chi connectivity index (χ0) is 20.7. The van der Waals surface area contributed by atoms with Gasteiger partial charge in [-0.3, -0.25) is 4.79 Å². The van der Waals surface area contributed by atoms with Crippen molar-refractivity contribution in [3.8, 4) is 5.75 Å². The van der Waals surface area contributed by atoms with E-state index < -0.39 is 11.5 Å². The van der Waals surface area contributed by atoms with Crippen LogP contribution in [0, 0.1) is 5.41 Å². The second-order valence-electron chi connectivity index (χ2n) is 7.02. The fourth-order valence-corrected chi connectivity index (χ4v) is 4.09. The highest BCUT2D eigenvalue weighted by Crippen LogP contribution is 2.49. The number of hydrogen-bond donors (Lipinski definition) is 1. The molecule has 1 aromatic rings. The van der Waals surface area contributed by atoms with Crippen LogP contribution in [0.1, 0.15) is 31.6 Å². The Bertz CT molecular complexity index is 696. The molecule has 0 radical (unpaired) electrons. The standard InChI is InChI=1S/C19H30BrNO7/c1-19(6-9-24-2)14(27-8-5-7-22)11-21-10-13(20)16(23)17(26-4)15(21)18(19)28-12-25-3/h10,14,18,22H,5-9,11-12H2,1-4H3. The quantitative estimate of drug-likeness (QED) is 0.397. The van der Waals surface area contributed by atoms with E-state index in [-0.39, 0.29) is 30.7 Å². The van der Waals surface area contributed by atoms with Crippen LogP contribution < -0.4 is 10.2 Å². The van der Waals surface area contributed by atoms with Gasteiger partial charge in [0.25, 0.3) is 0 Å². The van der Waals surface area contributed by atoms with E-state index in [1.807, 2.05) is 4.57 Å². The molecule has 1 N–H and O–H groups in total. The van der Waals surface area contributed by atoms with Crippen molar-refractivity contribution >= 4 is 15.9 Å².